The molecule has 0 saturated carbocycles. The Labute approximate surface area is 177 Å². The number of aryl methyl sites for hydroxylation is 1. The zero-order valence-corrected chi connectivity index (χ0v) is 17.1. The monoisotopic (exact) mass is 400 g/mol. The summed E-state index contributed by atoms with van der Waals surface area (Å²) in [6, 6.07) is 19.0. The highest BCUT2D eigenvalue weighted by Gasteiger charge is 2.07. The molecule has 0 heterocycles. The largest absolute Gasteiger partial charge is 0.447 e. The zero-order valence-electron chi connectivity index (χ0n) is 17.1. The van der Waals surface area contributed by atoms with Gasteiger partial charge in [0.25, 0.3) is 0 Å². The van der Waals surface area contributed by atoms with E-state index in [-0.39, 0.29) is 12.2 Å². The minimum Gasteiger partial charge on any atom is -0.447 e. The van der Waals surface area contributed by atoms with Crippen molar-refractivity contribution in [2.75, 3.05) is 29.9 Å². The molecule has 0 aliphatic rings. The number of anilines is 2. The molecule has 1 amide bonds. The molecule has 0 bridgehead atoms. The van der Waals surface area contributed by atoms with Gasteiger partial charge in [-0.3, -0.25) is 5.32 Å². The highest BCUT2D eigenvalue weighted by Crippen LogP contribution is 2.16. The first-order valence-electron chi connectivity index (χ1n) is 9.59. The fourth-order valence-corrected chi connectivity index (χ4v) is 2.66. The van der Waals surface area contributed by atoms with Gasteiger partial charge in [-0.15, -0.1) is 0 Å². The number of nitrogens with one attached hydrogen (secondary N) is 1. The van der Waals surface area contributed by atoms with E-state index in [1.165, 1.54) is 6.08 Å². The molecule has 0 saturated heterocycles. The normalized spacial score (nSPS) is 10.0. The summed E-state index contributed by atoms with van der Waals surface area (Å²) in [5, 5.41) is 20.2. The molecule has 30 heavy (non-hydrogen) atoms. The molecule has 6 nitrogen and oxygen atoms in total. The van der Waals surface area contributed by atoms with Gasteiger partial charge >= 0.3 is 6.09 Å². The van der Waals surface area contributed by atoms with Crippen LogP contribution < -0.4 is 10.2 Å². The van der Waals surface area contributed by atoms with Crippen LogP contribution in [0.1, 0.15) is 18.1 Å². The van der Waals surface area contributed by atoms with Crippen LogP contribution in [0.3, 0.4) is 0 Å². The Kier molecular flexibility index (Phi) is 8.71. The number of nitriles is 2. The number of carbonyl (C=O) groups excluding carboxylic acids is 1. The maximum Gasteiger partial charge on any atom is 0.411 e. The predicted molar refractivity (Wildman–Crippen MR) is 119 cm³/mol. The second-order valence-corrected chi connectivity index (χ2v) is 6.46. The van der Waals surface area contributed by atoms with Crippen LogP contribution in [0.15, 0.2) is 66.3 Å². The van der Waals surface area contributed by atoms with Crippen molar-refractivity contribution in [2.24, 2.45) is 0 Å². The van der Waals surface area contributed by atoms with Crippen molar-refractivity contribution in [1.29, 1.82) is 10.5 Å². The maximum atomic E-state index is 11.9. The topological polar surface area (TPSA) is 89.2 Å². The zero-order chi connectivity index (χ0) is 21.8. The molecular formula is C24H24N4O2. The van der Waals surface area contributed by atoms with E-state index >= 15 is 0 Å². The maximum absolute atomic E-state index is 11.9. The van der Waals surface area contributed by atoms with Gasteiger partial charge < -0.3 is 9.64 Å². The van der Waals surface area contributed by atoms with Gasteiger partial charge in [0, 0.05) is 17.9 Å². The molecule has 0 aliphatic carbocycles. The highest BCUT2D eigenvalue weighted by molar-refractivity contribution is 5.84. The number of benzene rings is 2. The molecule has 2 aromatic rings. The van der Waals surface area contributed by atoms with Crippen LogP contribution in [-0.2, 0) is 4.74 Å². The number of nitrogens with zero attached hydrogens (tertiary/aromatic N) is 3. The molecule has 0 atom stereocenters. The van der Waals surface area contributed by atoms with Gasteiger partial charge in [0.05, 0.1) is 6.54 Å². The van der Waals surface area contributed by atoms with E-state index in [0.29, 0.717) is 12.2 Å². The van der Waals surface area contributed by atoms with Crippen molar-refractivity contribution in [3.63, 3.8) is 0 Å². The summed E-state index contributed by atoms with van der Waals surface area (Å²) in [5.41, 5.74) is 3.86. The van der Waals surface area contributed by atoms with Crippen molar-refractivity contribution in [2.45, 2.75) is 13.8 Å². The Morgan fingerprint density at radius 3 is 2.37 bits per heavy atom. The van der Waals surface area contributed by atoms with E-state index in [2.05, 4.69) is 10.2 Å². The molecular weight excluding hydrogens is 376 g/mol. The van der Waals surface area contributed by atoms with E-state index in [1.807, 2.05) is 80.6 Å². The lowest BCUT2D eigenvalue weighted by Crippen LogP contribution is -2.28. The summed E-state index contributed by atoms with van der Waals surface area (Å²) in [5.74, 6) is 0. The number of ether oxygens (including phenoxy) is 1. The molecule has 0 unspecified atom stereocenters. The van der Waals surface area contributed by atoms with Crippen molar-refractivity contribution in [3.05, 3.63) is 77.4 Å². The standard InChI is InChI=1S/C24H24N4O2/c1-3-28(15-16-30-24(29)27-22-11-7-19(2)8-12-22)23-13-9-20(10-14-23)5-4-6-21(17-25)18-26/h4-14H,3,15-16H2,1-2H3,(H,27,29)/b5-4+. The van der Waals surface area contributed by atoms with Crippen LogP contribution in [0.4, 0.5) is 16.2 Å². The van der Waals surface area contributed by atoms with Crippen LogP contribution in [0.5, 0.6) is 0 Å². The lowest BCUT2D eigenvalue weighted by molar-refractivity contribution is 0.164. The smallest absolute Gasteiger partial charge is 0.411 e. The Balaban J connectivity index is 1.85. The lowest BCUT2D eigenvalue weighted by atomic mass is 10.1. The Morgan fingerprint density at radius 1 is 1.10 bits per heavy atom. The second-order valence-electron chi connectivity index (χ2n) is 6.46. The molecule has 6 heteroatoms. The van der Waals surface area contributed by atoms with Crippen molar-refractivity contribution >= 4 is 23.5 Å². The van der Waals surface area contributed by atoms with Gasteiger partial charge in [-0.05, 0) is 49.8 Å². The molecule has 0 spiro atoms. The van der Waals surface area contributed by atoms with Crippen LogP contribution in [0.2, 0.25) is 0 Å². The summed E-state index contributed by atoms with van der Waals surface area (Å²) < 4.78 is 5.29. The fourth-order valence-electron chi connectivity index (χ4n) is 2.66. The lowest BCUT2D eigenvalue weighted by Gasteiger charge is -2.23. The summed E-state index contributed by atoms with van der Waals surface area (Å²) in [7, 11) is 0. The van der Waals surface area contributed by atoms with E-state index in [1.54, 1.807) is 6.08 Å². The third kappa shape index (κ3) is 7.18. The van der Waals surface area contributed by atoms with Crippen LogP contribution in [0, 0.1) is 29.6 Å². The Hall–Kier alpha value is -4.03. The van der Waals surface area contributed by atoms with Gasteiger partial charge in [0.1, 0.15) is 24.3 Å². The van der Waals surface area contributed by atoms with Crippen LogP contribution in [-0.4, -0.2) is 25.8 Å². The van der Waals surface area contributed by atoms with E-state index < -0.39 is 6.09 Å². The van der Waals surface area contributed by atoms with Crippen LogP contribution in [0.25, 0.3) is 6.08 Å². The molecule has 2 aromatic carbocycles. The van der Waals surface area contributed by atoms with Gasteiger partial charge in [0.15, 0.2) is 0 Å². The second kappa shape index (κ2) is 11.7. The number of hydrogen-bond donors (Lipinski definition) is 1. The van der Waals surface area contributed by atoms with Crippen molar-refractivity contribution in [1.82, 2.24) is 0 Å². The van der Waals surface area contributed by atoms with Gasteiger partial charge in [0.2, 0.25) is 0 Å². The first-order valence-corrected chi connectivity index (χ1v) is 9.59. The summed E-state index contributed by atoms with van der Waals surface area (Å²) in [6.45, 7) is 5.64. The fraction of sp³-hybridized carbons (Fsp3) is 0.208. The Morgan fingerprint density at radius 2 is 1.77 bits per heavy atom. The third-order valence-corrected chi connectivity index (χ3v) is 4.32. The minimum atomic E-state index is -0.474. The summed E-state index contributed by atoms with van der Waals surface area (Å²) in [6.07, 6.45) is 4.51. The molecule has 0 aliphatic heterocycles. The van der Waals surface area contributed by atoms with E-state index in [0.717, 1.165) is 23.4 Å². The number of carbonyl (C=O) groups is 1. The van der Waals surface area contributed by atoms with Crippen LogP contribution >= 0.6 is 0 Å². The summed E-state index contributed by atoms with van der Waals surface area (Å²) in [4.78, 5) is 14.0. The number of hydrogen-bond acceptors (Lipinski definition) is 5. The number of likely N-dealkylation sites (N-methyl/N-ethyl adjacent to an activating group) is 1. The summed E-state index contributed by atoms with van der Waals surface area (Å²) >= 11 is 0. The van der Waals surface area contributed by atoms with Gasteiger partial charge in [-0.1, -0.05) is 42.0 Å². The average Bonchev–Trinajstić information content (AvgIpc) is 2.76. The Bertz CT molecular complexity index is 962. The first-order chi connectivity index (χ1) is 14.5. The molecule has 152 valence electrons. The predicted octanol–water partition coefficient (Wildman–Crippen LogP) is 5.06. The highest BCUT2D eigenvalue weighted by atomic mass is 16.5. The quantitative estimate of drug-likeness (QED) is 0.494. The van der Waals surface area contributed by atoms with Gasteiger partial charge in [-0.25, -0.2) is 4.79 Å². The number of rotatable bonds is 8. The van der Waals surface area contributed by atoms with Gasteiger partial charge in [-0.2, -0.15) is 10.5 Å². The van der Waals surface area contributed by atoms with E-state index in [9.17, 15) is 4.79 Å². The minimum absolute atomic E-state index is 0.0615. The van der Waals surface area contributed by atoms with Crippen molar-refractivity contribution in [3.8, 4) is 12.1 Å². The molecule has 1 N–H and O–H groups in total. The molecule has 0 radical (unpaired) electrons. The number of allylic oxidation sites excluding steroid dienone is 3. The third-order valence-electron chi connectivity index (χ3n) is 4.32. The number of amides is 1. The molecule has 0 aromatic heterocycles. The first kappa shape index (κ1) is 22.3. The molecule has 0 fully saturated rings. The SMILES string of the molecule is CCN(CCOC(=O)Nc1ccc(C)cc1)c1ccc(/C=C/C=C(C#N)C#N)cc1. The average molecular weight is 400 g/mol. The van der Waals surface area contributed by atoms with E-state index in [4.69, 9.17) is 15.3 Å². The molecule has 2 rings (SSSR count). The van der Waals surface area contributed by atoms with Crippen molar-refractivity contribution < 1.29 is 9.53 Å².